The Bertz CT molecular complexity index is 219. The highest BCUT2D eigenvalue weighted by Crippen LogP contribution is 2.17. The summed E-state index contributed by atoms with van der Waals surface area (Å²) in [5, 5.41) is 27.8. The monoisotopic (exact) mass is 234 g/mol. The summed E-state index contributed by atoms with van der Waals surface area (Å²) >= 11 is 0. The van der Waals surface area contributed by atoms with E-state index >= 15 is 0 Å². The lowest BCUT2D eigenvalue weighted by atomic mass is 10.1. The SMILES string of the molecule is C=C.CC(=O)OC[C@@H](O)[C@H]1OC[C@H](O)[C@H]1O. The maximum Gasteiger partial charge on any atom is 0.302 e. The molecule has 3 N–H and O–H groups in total. The van der Waals surface area contributed by atoms with Crippen LogP contribution in [-0.4, -0.2) is 58.9 Å². The van der Waals surface area contributed by atoms with Crippen LogP contribution in [0.2, 0.25) is 0 Å². The van der Waals surface area contributed by atoms with Gasteiger partial charge in [0.05, 0.1) is 6.61 Å². The standard InChI is InChI=1S/C8H14O6.C2H4/c1-4(9)13-3-6(11)8-7(12)5(10)2-14-8;1-2/h5-8,10-12H,2-3H2,1H3;1-2H2/t5-,6+,7+,8+;/m0./s1. The molecule has 0 aromatic heterocycles. The van der Waals surface area contributed by atoms with Crippen LogP contribution < -0.4 is 0 Å². The van der Waals surface area contributed by atoms with Crippen molar-refractivity contribution in [2.45, 2.75) is 31.3 Å². The third kappa shape index (κ3) is 4.28. The van der Waals surface area contributed by atoms with Gasteiger partial charge in [-0.25, -0.2) is 0 Å². The van der Waals surface area contributed by atoms with Crippen LogP contribution in [0, 0.1) is 0 Å². The Hall–Kier alpha value is -0.950. The molecule has 0 amide bonds. The number of carbonyl (C=O) groups is 1. The molecular weight excluding hydrogens is 216 g/mol. The van der Waals surface area contributed by atoms with E-state index in [1.165, 1.54) is 6.92 Å². The number of hydrogen-bond donors (Lipinski definition) is 3. The third-order valence-electron chi connectivity index (χ3n) is 2.03. The van der Waals surface area contributed by atoms with E-state index in [9.17, 15) is 15.0 Å². The molecular formula is C10H18O6. The van der Waals surface area contributed by atoms with Gasteiger partial charge in [0, 0.05) is 6.92 Å². The fourth-order valence-electron chi connectivity index (χ4n) is 1.26. The zero-order chi connectivity index (χ0) is 12.7. The second-order valence-electron chi connectivity index (χ2n) is 3.23. The first kappa shape index (κ1) is 15.0. The van der Waals surface area contributed by atoms with Crippen LogP contribution in [0.4, 0.5) is 0 Å². The molecule has 16 heavy (non-hydrogen) atoms. The summed E-state index contributed by atoms with van der Waals surface area (Å²) in [7, 11) is 0. The molecule has 1 saturated heterocycles. The van der Waals surface area contributed by atoms with Crippen molar-refractivity contribution in [3.05, 3.63) is 13.2 Å². The molecule has 1 rings (SSSR count). The number of hydrogen-bond acceptors (Lipinski definition) is 6. The summed E-state index contributed by atoms with van der Waals surface area (Å²) in [4.78, 5) is 10.4. The van der Waals surface area contributed by atoms with E-state index in [0.29, 0.717) is 0 Å². The Morgan fingerprint density at radius 1 is 1.56 bits per heavy atom. The minimum Gasteiger partial charge on any atom is -0.463 e. The van der Waals surface area contributed by atoms with Gasteiger partial charge in [-0.2, -0.15) is 0 Å². The van der Waals surface area contributed by atoms with Gasteiger partial charge >= 0.3 is 5.97 Å². The molecule has 0 bridgehead atoms. The van der Waals surface area contributed by atoms with Gasteiger partial charge in [-0.15, -0.1) is 13.2 Å². The third-order valence-corrected chi connectivity index (χ3v) is 2.03. The smallest absolute Gasteiger partial charge is 0.302 e. The summed E-state index contributed by atoms with van der Waals surface area (Å²) in [5.41, 5.74) is 0. The van der Waals surface area contributed by atoms with Crippen molar-refractivity contribution in [1.82, 2.24) is 0 Å². The molecule has 0 radical (unpaired) electrons. The van der Waals surface area contributed by atoms with Crippen LogP contribution in [0.5, 0.6) is 0 Å². The van der Waals surface area contributed by atoms with Gasteiger partial charge in [0.15, 0.2) is 0 Å². The van der Waals surface area contributed by atoms with E-state index < -0.39 is 30.4 Å². The molecule has 1 aliphatic heterocycles. The summed E-state index contributed by atoms with van der Waals surface area (Å²) in [6.07, 6.45) is -4.15. The number of aliphatic hydroxyl groups is 3. The predicted octanol–water partition coefficient (Wildman–Crippen LogP) is -1.17. The molecule has 0 saturated carbocycles. The summed E-state index contributed by atoms with van der Waals surface area (Å²) in [6, 6.07) is 0. The Morgan fingerprint density at radius 3 is 2.50 bits per heavy atom. The number of esters is 1. The molecule has 0 aliphatic carbocycles. The molecule has 4 atom stereocenters. The van der Waals surface area contributed by atoms with Gasteiger partial charge in [-0.3, -0.25) is 4.79 Å². The normalized spacial score (nSPS) is 30.1. The van der Waals surface area contributed by atoms with Crippen LogP contribution in [0.1, 0.15) is 6.92 Å². The Balaban J connectivity index is 0.00000106. The second-order valence-corrected chi connectivity index (χ2v) is 3.23. The van der Waals surface area contributed by atoms with Crippen molar-refractivity contribution in [3.8, 4) is 0 Å². The summed E-state index contributed by atoms with van der Waals surface area (Å²) in [6.45, 7) is 6.94. The molecule has 0 aromatic rings. The molecule has 6 nitrogen and oxygen atoms in total. The number of ether oxygens (including phenoxy) is 2. The van der Waals surface area contributed by atoms with Gasteiger partial charge in [-0.1, -0.05) is 0 Å². The van der Waals surface area contributed by atoms with Gasteiger partial charge in [-0.05, 0) is 0 Å². The van der Waals surface area contributed by atoms with Gasteiger partial charge < -0.3 is 24.8 Å². The molecule has 94 valence electrons. The lowest BCUT2D eigenvalue weighted by Gasteiger charge is -2.20. The fraction of sp³-hybridized carbons (Fsp3) is 0.700. The maximum atomic E-state index is 10.4. The molecule has 0 aromatic carbocycles. The van der Waals surface area contributed by atoms with Crippen LogP contribution in [0.15, 0.2) is 13.2 Å². The Labute approximate surface area is 94.1 Å². The predicted molar refractivity (Wildman–Crippen MR) is 55.6 cm³/mol. The molecule has 0 spiro atoms. The zero-order valence-corrected chi connectivity index (χ0v) is 9.20. The molecule has 1 fully saturated rings. The highest BCUT2D eigenvalue weighted by atomic mass is 16.6. The number of aliphatic hydroxyl groups excluding tert-OH is 3. The second kappa shape index (κ2) is 7.34. The van der Waals surface area contributed by atoms with Crippen molar-refractivity contribution in [2.75, 3.05) is 13.2 Å². The topological polar surface area (TPSA) is 96.2 Å². The highest BCUT2D eigenvalue weighted by Gasteiger charge is 2.39. The van der Waals surface area contributed by atoms with Crippen molar-refractivity contribution in [2.24, 2.45) is 0 Å². The van der Waals surface area contributed by atoms with Gasteiger partial charge in [0.25, 0.3) is 0 Å². The summed E-state index contributed by atoms with van der Waals surface area (Å²) < 4.78 is 9.47. The highest BCUT2D eigenvalue weighted by molar-refractivity contribution is 5.65. The number of carbonyl (C=O) groups excluding carboxylic acids is 1. The lowest BCUT2D eigenvalue weighted by molar-refractivity contribution is -0.148. The minimum absolute atomic E-state index is 0.0248. The van der Waals surface area contributed by atoms with E-state index in [1.54, 1.807) is 0 Å². The molecule has 6 heteroatoms. The van der Waals surface area contributed by atoms with Crippen molar-refractivity contribution < 1.29 is 29.6 Å². The average molecular weight is 234 g/mol. The summed E-state index contributed by atoms with van der Waals surface area (Å²) in [5.74, 6) is -0.517. The van der Waals surface area contributed by atoms with Crippen molar-refractivity contribution in [3.63, 3.8) is 0 Å². The van der Waals surface area contributed by atoms with Crippen LogP contribution >= 0.6 is 0 Å². The molecule has 1 aliphatic rings. The average Bonchev–Trinajstić information content (AvgIpc) is 2.59. The first-order chi connectivity index (χ1) is 7.52. The largest absolute Gasteiger partial charge is 0.463 e. The number of rotatable bonds is 3. The van der Waals surface area contributed by atoms with Crippen LogP contribution in [0.3, 0.4) is 0 Å². The molecule has 0 unspecified atom stereocenters. The fourth-order valence-corrected chi connectivity index (χ4v) is 1.26. The van der Waals surface area contributed by atoms with E-state index in [4.69, 9.17) is 9.84 Å². The van der Waals surface area contributed by atoms with E-state index in [0.717, 1.165) is 0 Å². The first-order valence-electron chi connectivity index (χ1n) is 4.81. The minimum atomic E-state index is -1.14. The van der Waals surface area contributed by atoms with Gasteiger partial charge in [0.1, 0.15) is 31.0 Å². The quantitative estimate of drug-likeness (QED) is 0.421. The van der Waals surface area contributed by atoms with E-state index in [-0.39, 0.29) is 13.2 Å². The zero-order valence-electron chi connectivity index (χ0n) is 9.20. The molecule has 1 heterocycles. The van der Waals surface area contributed by atoms with E-state index in [2.05, 4.69) is 17.9 Å². The lowest BCUT2D eigenvalue weighted by Crippen LogP contribution is -2.41. The van der Waals surface area contributed by atoms with Crippen LogP contribution in [-0.2, 0) is 14.3 Å². The first-order valence-corrected chi connectivity index (χ1v) is 4.81. The van der Waals surface area contributed by atoms with E-state index in [1.807, 2.05) is 0 Å². The Morgan fingerprint density at radius 2 is 2.12 bits per heavy atom. The van der Waals surface area contributed by atoms with Crippen molar-refractivity contribution >= 4 is 5.97 Å². The van der Waals surface area contributed by atoms with Crippen LogP contribution in [0.25, 0.3) is 0 Å². The van der Waals surface area contributed by atoms with Crippen molar-refractivity contribution in [1.29, 1.82) is 0 Å². The van der Waals surface area contributed by atoms with Gasteiger partial charge in [0.2, 0.25) is 0 Å². The maximum absolute atomic E-state index is 10.4. The Kier molecular flexibility index (Phi) is 6.91.